The summed E-state index contributed by atoms with van der Waals surface area (Å²) in [5.74, 6) is 2.73. The van der Waals surface area contributed by atoms with Crippen molar-refractivity contribution in [2.75, 3.05) is 6.54 Å². The summed E-state index contributed by atoms with van der Waals surface area (Å²) < 4.78 is 14.5. The molecule has 4 aliphatic carbocycles. The van der Waals surface area contributed by atoms with E-state index in [1.54, 1.807) is 11.1 Å². The zero-order valence-corrected chi connectivity index (χ0v) is 18.0. The highest BCUT2D eigenvalue weighted by molar-refractivity contribution is 5.94. The average molecular weight is 412 g/mol. The standard InChI is InChI=1S/C25H34FN3O/c1-2-3-4-9-23-21(20-7-5-6-8-22(20)26)15-29(28-23)25(30)27-24-18-11-16-10-17(13-18)14-19(24)12-16/h5-8,16-19,21,24H,2-4,9-15H2,1H3,(H,27,30). The fourth-order valence-electron chi connectivity index (χ4n) is 6.87. The lowest BCUT2D eigenvalue weighted by Gasteiger charge is -2.54. The Balaban J connectivity index is 1.30. The van der Waals surface area contributed by atoms with Gasteiger partial charge in [-0.25, -0.2) is 14.2 Å². The first-order valence-electron chi connectivity index (χ1n) is 12.0. The monoisotopic (exact) mass is 411 g/mol. The fourth-order valence-corrected chi connectivity index (χ4v) is 6.87. The zero-order valence-electron chi connectivity index (χ0n) is 18.0. The van der Waals surface area contributed by atoms with Crippen molar-refractivity contribution < 1.29 is 9.18 Å². The van der Waals surface area contributed by atoms with Gasteiger partial charge in [-0.3, -0.25) is 0 Å². The van der Waals surface area contributed by atoms with E-state index in [0.29, 0.717) is 30.0 Å². The Kier molecular flexibility index (Phi) is 5.55. The Hall–Kier alpha value is -1.91. The highest BCUT2D eigenvalue weighted by Gasteiger charge is 2.49. The van der Waals surface area contributed by atoms with Gasteiger partial charge in [0.2, 0.25) is 0 Å². The van der Waals surface area contributed by atoms with Gasteiger partial charge < -0.3 is 5.32 Å². The Morgan fingerprint density at radius 2 is 1.80 bits per heavy atom. The average Bonchev–Trinajstić information content (AvgIpc) is 3.15. The summed E-state index contributed by atoms with van der Waals surface area (Å²) in [5.41, 5.74) is 1.62. The molecule has 1 aromatic rings. The molecule has 1 unspecified atom stereocenters. The topological polar surface area (TPSA) is 44.7 Å². The Bertz CT molecular complexity index is 794. The van der Waals surface area contributed by atoms with Gasteiger partial charge in [-0.05, 0) is 80.2 Å². The Morgan fingerprint density at radius 3 is 2.47 bits per heavy atom. The van der Waals surface area contributed by atoms with Crippen LogP contribution in [-0.2, 0) is 0 Å². The summed E-state index contributed by atoms with van der Waals surface area (Å²) in [4.78, 5) is 13.2. The second-order valence-corrected chi connectivity index (χ2v) is 10.1. The lowest BCUT2D eigenvalue weighted by atomic mass is 9.54. The molecule has 1 aliphatic heterocycles. The van der Waals surface area contributed by atoms with E-state index in [-0.39, 0.29) is 17.8 Å². The molecular weight excluding hydrogens is 377 g/mol. The summed E-state index contributed by atoms with van der Waals surface area (Å²) in [6.45, 7) is 2.62. The molecule has 162 valence electrons. The lowest BCUT2D eigenvalue weighted by Crippen LogP contribution is -2.57. The van der Waals surface area contributed by atoms with Gasteiger partial charge in [-0.1, -0.05) is 38.0 Å². The number of nitrogens with zero attached hydrogens (tertiary/aromatic N) is 2. The second-order valence-electron chi connectivity index (χ2n) is 10.1. The quantitative estimate of drug-likeness (QED) is 0.600. The normalized spacial score (nSPS) is 34.3. The van der Waals surface area contributed by atoms with Crippen molar-refractivity contribution in [2.45, 2.75) is 76.7 Å². The van der Waals surface area contributed by atoms with E-state index in [2.05, 4.69) is 12.2 Å². The van der Waals surface area contributed by atoms with Crippen molar-refractivity contribution in [2.24, 2.45) is 28.8 Å². The number of amides is 2. The molecule has 0 spiro atoms. The van der Waals surface area contributed by atoms with Crippen molar-refractivity contribution in [3.8, 4) is 0 Å². The smallest absolute Gasteiger partial charge is 0.333 e. The zero-order chi connectivity index (χ0) is 20.7. The SMILES string of the molecule is CCCCCC1=NN(C(=O)NC2C3CC4CC(C3)CC2C4)CC1c1ccccc1F. The second kappa shape index (κ2) is 8.32. The number of hydrogen-bond donors (Lipinski definition) is 1. The van der Waals surface area contributed by atoms with Crippen LogP contribution in [0.1, 0.15) is 76.2 Å². The van der Waals surface area contributed by atoms with Crippen LogP contribution in [0.5, 0.6) is 0 Å². The maximum absolute atomic E-state index is 14.5. The van der Waals surface area contributed by atoms with Crippen molar-refractivity contribution in [1.29, 1.82) is 0 Å². The molecule has 4 fully saturated rings. The number of nitrogens with one attached hydrogen (secondary N) is 1. The molecule has 1 atom stereocenters. The van der Waals surface area contributed by atoms with Crippen molar-refractivity contribution in [3.05, 3.63) is 35.6 Å². The summed E-state index contributed by atoms with van der Waals surface area (Å²) >= 11 is 0. The number of unbranched alkanes of at least 4 members (excludes halogenated alkanes) is 2. The number of urea groups is 1. The molecule has 6 rings (SSSR count). The molecule has 4 saturated carbocycles. The minimum absolute atomic E-state index is 0.0840. The van der Waals surface area contributed by atoms with E-state index in [9.17, 15) is 9.18 Å². The van der Waals surface area contributed by atoms with E-state index in [0.717, 1.165) is 43.2 Å². The molecule has 2 amide bonds. The first-order valence-corrected chi connectivity index (χ1v) is 12.0. The summed E-state index contributed by atoms with van der Waals surface area (Å²) in [6.07, 6.45) is 10.7. The number of carbonyl (C=O) groups is 1. The van der Waals surface area contributed by atoms with Crippen LogP contribution in [0.2, 0.25) is 0 Å². The van der Waals surface area contributed by atoms with Gasteiger partial charge in [0.25, 0.3) is 0 Å². The van der Waals surface area contributed by atoms with Crippen molar-refractivity contribution in [1.82, 2.24) is 10.3 Å². The van der Waals surface area contributed by atoms with Crippen LogP contribution in [0, 0.1) is 29.5 Å². The minimum atomic E-state index is -0.200. The van der Waals surface area contributed by atoms with Gasteiger partial charge >= 0.3 is 6.03 Å². The van der Waals surface area contributed by atoms with Crippen LogP contribution in [0.25, 0.3) is 0 Å². The largest absolute Gasteiger partial charge is 0.338 e. The van der Waals surface area contributed by atoms with Gasteiger partial charge in [-0.15, -0.1) is 0 Å². The summed E-state index contributed by atoms with van der Waals surface area (Å²) in [6, 6.07) is 7.17. The molecule has 1 N–H and O–H groups in total. The van der Waals surface area contributed by atoms with Gasteiger partial charge in [0.15, 0.2) is 0 Å². The molecule has 1 heterocycles. The third-order valence-electron chi connectivity index (χ3n) is 8.08. The Labute approximate surface area is 179 Å². The fraction of sp³-hybridized carbons (Fsp3) is 0.680. The summed E-state index contributed by atoms with van der Waals surface area (Å²) in [5, 5.41) is 9.66. The van der Waals surface area contributed by atoms with Gasteiger partial charge in [-0.2, -0.15) is 5.10 Å². The van der Waals surface area contributed by atoms with Crippen LogP contribution in [0.4, 0.5) is 9.18 Å². The molecule has 0 radical (unpaired) electrons. The third kappa shape index (κ3) is 3.76. The van der Waals surface area contributed by atoms with Crippen LogP contribution in [-0.4, -0.2) is 29.3 Å². The van der Waals surface area contributed by atoms with E-state index < -0.39 is 0 Å². The van der Waals surface area contributed by atoms with Crippen LogP contribution >= 0.6 is 0 Å². The molecule has 1 aromatic carbocycles. The van der Waals surface area contributed by atoms with Gasteiger partial charge in [0.05, 0.1) is 6.54 Å². The number of carbonyl (C=O) groups excluding carboxylic acids is 1. The van der Waals surface area contributed by atoms with Crippen LogP contribution in [0.15, 0.2) is 29.4 Å². The maximum Gasteiger partial charge on any atom is 0.338 e. The van der Waals surface area contributed by atoms with E-state index >= 15 is 0 Å². The van der Waals surface area contributed by atoms with E-state index in [1.807, 2.05) is 12.1 Å². The van der Waals surface area contributed by atoms with E-state index in [1.165, 1.54) is 38.2 Å². The lowest BCUT2D eigenvalue weighted by molar-refractivity contribution is -0.0109. The molecular formula is C25H34FN3O. The number of benzene rings is 1. The molecule has 30 heavy (non-hydrogen) atoms. The third-order valence-corrected chi connectivity index (χ3v) is 8.08. The van der Waals surface area contributed by atoms with Crippen molar-refractivity contribution >= 4 is 11.7 Å². The molecule has 5 aliphatic rings. The first kappa shape index (κ1) is 20.0. The molecule has 4 bridgehead atoms. The predicted octanol–water partition coefficient (Wildman–Crippen LogP) is 5.70. The number of hydrogen-bond acceptors (Lipinski definition) is 2. The number of halogens is 1. The van der Waals surface area contributed by atoms with E-state index in [4.69, 9.17) is 5.10 Å². The van der Waals surface area contributed by atoms with Crippen LogP contribution < -0.4 is 5.32 Å². The molecule has 5 heteroatoms. The number of rotatable bonds is 6. The predicted molar refractivity (Wildman–Crippen MR) is 117 cm³/mol. The van der Waals surface area contributed by atoms with Crippen molar-refractivity contribution in [3.63, 3.8) is 0 Å². The molecule has 0 aromatic heterocycles. The Morgan fingerprint density at radius 1 is 1.10 bits per heavy atom. The van der Waals surface area contributed by atoms with Crippen LogP contribution in [0.3, 0.4) is 0 Å². The van der Waals surface area contributed by atoms with Gasteiger partial charge in [0.1, 0.15) is 5.82 Å². The summed E-state index contributed by atoms with van der Waals surface area (Å²) in [7, 11) is 0. The molecule has 0 saturated heterocycles. The highest BCUT2D eigenvalue weighted by Crippen LogP contribution is 2.53. The number of hydrazone groups is 1. The molecule has 4 nitrogen and oxygen atoms in total. The minimum Gasteiger partial charge on any atom is -0.333 e. The first-order chi connectivity index (χ1) is 14.6. The highest BCUT2D eigenvalue weighted by atomic mass is 19.1. The van der Waals surface area contributed by atoms with Gasteiger partial charge in [0, 0.05) is 17.7 Å². The maximum atomic E-state index is 14.5.